The van der Waals surface area contributed by atoms with E-state index in [-0.39, 0.29) is 23.1 Å². The van der Waals surface area contributed by atoms with E-state index < -0.39 is 25.2 Å². The molecule has 0 aliphatic rings. The molecule has 1 aromatic rings. The first-order valence-corrected chi connectivity index (χ1v) is 21.1. The van der Waals surface area contributed by atoms with Gasteiger partial charge in [-0.25, -0.2) is 9.59 Å². The molecule has 4 N–H and O–H groups in total. The molecular weight excluding hydrogens is 481 g/mol. The van der Waals surface area contributed by atoms with Crippen molar-refractivity contribution in [3.05, 3.63) is 23.8 Å². The molecule has 0 aromatic heterocycles. The Bertz CT molecular complexity index is 845. The maximum atomic E-state index is 12.7. The van der Waals surface area contributed by atoms with Gasteiger partial charge in [0.1, 0.15) is 0 Å². The maximum absolute atomic E-state index is 12.7. The van der Waals surface area contributed by atoms with E-state index in [0.29, 0.717) is 17.9 Å². The molecule has 0 saturated heterocycles. The molecule has 1 aromatic carbocycles. The number of hydrogen-bond acceptors (Lipinski definition) is 4. The van der Waals surface area contributed by atoms with E-state index in [1.54, 1.807) is 12.1 Å². The molecule has 0 spiro atoms. The van der Waals surface area contributed by atoms with E-state index in [2.05, 4.69) is 74.0 Å². The second-order valence-electron chi connectivity index (χ2n) is 12.0. The number of benzene rings is 1. The normalized spacial score (nSPS) is 13.8. The molecule has 0 radical (unpaired) electrons. The molecule has 194 valence electrons. The molecule has 0 bridgehead atoms. The maximum Gasteiger partial charge on any atom is 0.319 e. The Hall–Kier alpha value is -1.67. The summed E-state index contributed by atoms with van der Waals surface area (Å²) >= 11 is 0. The van der Waals surface area contributed by atoms with Gasteiger partial charge in [-0.1, -0.05) is 13.0 Å². The largest absolute Gasteiger partial charge is 0.436 e. The predicted octanol–water partition coefficient (Wildman–Crippen LogP) is 6.20. The van der Waals surface area contributed by atoms with Crippen molar-refractivity contribution in [2.75, 3.05) is 17.2 Å². The highest BCUT2D eigenvalue weighted by molar-refractivity contribution is 6.88. The highest BCUT2D eigenvalue weighted by atomic mass is 28.5. The quantitative estimate of drug-likeness (QED) is 0.288. The summed E-state index contributed by atoms with van der Waals surface area (Å²) in [6, 6.07) is 4.82. The molecule has 0 aliphatic carbocycles. The van der Waals surface area contributed by atoms with Crippen LogP contribution in [0.5, 0.6) is 0 Å². The minimum atomic E-state index is -2.51. The zero-order valence-corrected chi connectivity index (χ0v) is 26.1. The van der Waals surface area contributed by atoms with Gasteiger partial charge in [0.2, 0.25) is 0 Å². The third kappa shape index (κ3) is 11.2. The van der Waals surface area contributed by atoms with Crippen LogP contribution in [0.3, 0.4) is 0 Å². The summed E-state index contributed by atoms with van der Waals surface area (Å²) < 4.78 is 13.2. The van der Waals surface area contributed by atoms with Gasteiger partial charge in [-0.2, -0.15) is 0 Å². The Kier molecular flexibility index (Phi) is 10.2. The number of anilines is 2. The monoisotopic (exact) mass is 526 g/mol. The molecule has 0 aliphatic heterocycles. The predicted molar refractivity (Wildman–Crippen MR) is 150 cm³/mol. The third-order valence-electron chi connectivity index (χ3n) is 4.80. The fourth-order valence-electron chi connectivity index (χ4n) is 3.44. The Morgan fingerprint density at radius 2 is 1.32 bits per heavy atom. The van der Waals surface area contributed by atoms with Gasteiger partial charge in [0.25, 0.3) is 0 Å². The van der Waals surface area contributed by atoms with Gasteiger partial charge in [0.05, 0.1) is 0 Å². The number of urea groups is 2. The van der Waals surface area contributed by atoms with Crippen LogP contribution < -0.4 is 21.3 Å². The number of carbonyl (C=O) groups excluding carboxylic acids is 2. The van der Waals surface area contributed by atoms with Crippen LogP contribution >= 0.6 is 0 Å². The molecular formula is C23H46N4O4Si3. The minimum Gasteiger partial charge on any atom is -0.436 e. The van der Waals surface area contributed by atoms with Crippen molar-refractivity contribution < 1.29 is 17.8 Å². The summed E-state index contributed by atoms with van der Waals surface area (Å²) in [6.07, 6.45) is 0. The van der Waals surface area contributed by atoms with Crippen molar-refractivity contribution in [2.24, 2.45) is 0 Å². The van der Waals surface area contributed by atoms with E-state index in [4.69, 9.17) is 8.23 Å². The third-order valence-corrected chi connectivity index (χ3v) is 14.9. The van der Waals surface area contributed by atoms with Crippen LogP contribution in [0.25, 0.3) is 0 Å². The fourth-order valence-corrected chi connectivity index (χ4v) is 15.8. The molecule has 1 rings (SSSR count). The second-order valence-corrected chi connectivity index (χ2v) is 25.1. The molecule has 0 fully saturated rings. The lowest BCUT2D eigenvalue weighted by atomic mass is 10.1. The van der Waals surface area contributed by atoms with Gasteiger partial charge < -0.3 is 29.5 Å². The lowest BCUT2D eigenvalue weighted by Crippen LogP contribution is -2.56. The van der Waals surface area contributed by atoms with Gasteiger partial charge in [-0.15, -0.1) is 0 Å². The van der Waals surface area contributed by atoms with Crippen LogP contribution in [0, 0.1) is 6.92 Å². The first-order chi connectivity index (χ1) is 15.2. The second kappa shape index (κ2) is 11.4. The van der Waals surface area contributed by atoms with Crippen molar-refractivity contribution in [1.82, 2.24) is 10.6 Å². The Labute approximate surface area is 209 Å². The van der Waals surface area contributed by atoms with E-state index in [0.717, 1.165) is 5.56 Å². The molecule has 8 nitrogen and oxygen atoms in total. The van der Waals surface area contributed by atoms with Gasteiger partial charge >= 0.3 is 20.6 Å². The lowest BCUT2D eigenvalue weighted by Gasteiger charge is -2.42. The average molecular weight is 527 g/mol. The van der Waals surface area contributed by atoms with E-state index >= 15 is 0 Å². The summed E-state index contributed by atoms with van der Waals surface area (Å²) in [6.45, 7) is 25.3. The van der Waals surface area contributed by atoms with Crippen molar-refractivity contribution in [1.29, 1.82) is 0 Å². The van der Waals surface area contributed by atoms with Gasteiger partial charge in [0, 0.05) is 29.0 Å². The zero-order chi connectivity index (χ0) is 26.5. The van der Waals surface area contributed by atoms with E-state index in [1.807, 2.05) is 33.8 Å². The SMILES string of the molecule is Cc1c(NC(=O)NCC(C)[Si](C)(O[Si](C)(C)C)O[Si](C)(C)C)cccc1NC(=O)NC(C)(C)C. The van der Waals surface area contributed by atoms with Crippen LogP contribution in [-0.2, 0) is 8.23 Å². The molecule has 11 heteroatoms. The van der Waals surface area contributed by atoms with Crippen molar-refractivity contribution in [3.8, 4) is 0 Å². The van der Waals surface area contributed by atoms with E-state index in [1.165, 1.54) is 0 Å². The number of carbonyl (C=O) groups is 2. The summed E-state index contributed by atoms with van der Waals surface area (Å²) in [5.41, 5.74) is 1.78. The topological polar surface area (TPSA) is 101 Å². The molecule has 34 heavy (non-hydrogen) atoms. The lowest BCUT2D eigenvalue weighted by molar-refractivity contribution is 0.243. The van der Waals surface area contributed by atoms with Gasteiger partial charge in [0.15, 0.2) is 16.6 Å². The zero-order valence-electron chi connectivity index (χ0n) is 23.1. The Morgan fingerprint density at radius 3 is 1.74 bits per heavy atom. The minimum absolute atomic E-state index is 0.0758. The summed E-state index contributed by atoms with van der Waals surface area (Å²) in [7, 11) is -6.16. The standard InChI is InChI=1S/C23H46N4O4Si3/c1-17(34(12,30-32(6,7)8)31-33(9,10)11)16-24-21(28)25-19-14-13-15-20(18(19)2)26-22(29)27-23(3,4)5/h13-15,17H,16H2,1-12H3,(H2,24,25,28)(H2,26,27,29). The average Bonchev–Trinajstić information content (AvgIpc) is 2.58. The molecule has 1 atom stereocenters. The first kappa shape index (κ1) is 30.4. The molecule has 0 heterocycles. The Balaban J connectivity index is 2.85. The molecule has 0 saturated carbocycles. The summed E-state index contributed by atoms with van der Waals surface area (Å²) in [5, 5.41) is 11.6. The smallest absolute Gasteiger partial charge is 0.319 e. The number of rotatable bonds is 9. The summed E-state index contributed by atoms with van der Waals surface area (Å²) in [5.74, 6) is 0. The molecule has 4 amide bonds. The van der Waals surface area contributed by atoms with E-state index in [9.17, 15) is 9.59 Å². The van der Waals surface area contributed by atoms with Crippen molar-refractivity contribution >= 4 is 48.6 Å². The Morgan fingerprint density at radius 1 is 0.882 bits per heavy atom. The number of amides is 4. The van der Waals surface area contributed by atoms with Gasteiger partial charge in [-0.3, -0.25) is 0 Å². The van der Waals surface area contributed by atoms with Crippen molar-refractivity contribution in [2.45, 2.75) is 91.5 Å². The number of nitrogens with one attached hydrogen (secondary N) is 4. The highest BCUT2D eigenvalue weighted by Gasteiger charge is 2.44. The van der Waals surface area contributed by atoms with Crippen LogP contribution in [0.2, 0.25) is 51.4 Å². The van der Waals surface area contributed by atoms with Crippen molar-refractivity contribution in [3.63, 3.8) is 0 Å². The van der Waals surface area contributed by atoms with Crippen LogP contribution in [0.4, 0.5) is 21.0 Å². The highest BCUT2D eigenvalue weighted by Crippen LogP contribution is 2.30. The van der Waals surface area contributed by atoms with Crippen LogP contribution in [0.1, 0.15) is 33.3 Å². The number of hydrogen-bond donors (Lipinski definition) is 4. The van der Waals surface area contributed by atoms with Gasteiger partial charge in [-0.05, 0) is 91.2 Å². The molecule has 1 unspecified atom stereocenters. The fraction of sp³-hybridized carbons (Fsp3) is 0.652. The van der Waals surface area contributed by atoms with Crippen LogP contribution in [0.15, 0.2) is 18.2 Å². The van der Waals surface area contributed by atoms with Crippen LogP contribution in [-0.4, -0.2) is 49.3 Å². The first-order valence-electron chi connectivity index (χ1n) is 11.8. The summed E-state index contributed by atoms with van der Waals surface area (Å²) in [4.78, 5) is 25.0.